The minimum Gasteiger partial charge on any atom is -0.369 e. The van der Waals surface area contributed by atoms with E-state index in [1.807, 2.05) is 24.4 Å². The number of aromatic nitrogens is 3. The predicted octanol–water partition coefficient (Wildman–Crippen LogP) is 5.44. The Labute approximate surface area is 174 Å². The topological polar surface area (TPSA) is 59.9 Å². The van der Waals surface area contributed by atoms with E-state index in [1.54, 1.807) is 23.1 Å². The maximum absolute atomic E-state index is 6.16. The van der Waals surface area contributed by atoms with Gasteiger partial charge < -0.3 is 10.1 Å². The molecule has 0 radical (unpaired) electrons. The number of nitrogens with zero attached hydrogens (tertiary/aromatic N) is 3. The van der Waals surface area contributed by atoms with Crippen molar-refractivity contribution < 1.29 is 4.74 Å². The van der Waals surface area contributed by atoms with E-state index in [2.05, 4.69) is 31.1 Å². The van der Waals surface area contributed by atoms with E-state index in [4.69, 9.17) is 14.7 Å². The van der Waals surface area contributed by atoms with Crippen LogP contribution in [-0.4, -0.2) is 26.3 Å². The third-order valence-electron chi connectivity index (χ3n) is 5.16. The lowest BCUT2D eigenvalue weighted by atomic mass is 9.90. The first-order valence-electron chi connectivity index (χ1n) is 9.84. The molecule has 148 valence electrons. The fourth-order valence-corrected chi connectivity index (χ4v) is 5.20. The maximum Gasteiger partial charge on any atom is 0.190 e. The second-order valence-corrected chi connectivity index (χ2v) is 9.48. The number of anilines is 1. The summed E-state index contributed by atoms with van der Waals surface area (Å²) in [5.41, 5.74) is 2.24. The van der Waals surface area contributed by atoms with Crippen LogP contribution in [0.25, 0.3) is 10.2 Å². The fraction of sp³-hybridized carbons (Fsp3) is 0.476. The molecule has 0 saturated carbocycles. The number of hydrogen-bond acceptors (Lipinski definition) is 7. The SMILES string of the molecule is CCCSc1nc(NCc2ccccn2)c2c3c(sc2n1)CO[C@@](C)(CC)C3. The number of rotatable bonds is 7. The molecule has 0 aliphatic carbocycles. The number of ether oxygens (including phenoxy) is 1. The Morgan fingerprint density at radius 1 is 1.29 bits per heavy atom. The van der Waals surface area contributed by atoms with Gasteiger partial charge in [-0.1, -0.05) is 31.7 Å². The molecule has 7 heteroatoms. The van der Waals surface area contributed by atoms with Crippen LogP contribution >= 0.6 is 23.1 Å². The van der Waals surface area contributed by atoms with Gasteiger partial charge in [0.05, 0.1) is 29.8 Å². The van der Waals surface area contributed by atoms with Crippen molar-refractivity contribution in [3.05, 3.63) is 40.5 Å². The van der Waals surface area contributed by atoms with E-state index in [0.29, 0.717) is 13.2 Å². The molecule has 4 heterocycles. The molecule has 5 nitrogen and oxygen atoms in total. The van der Waals surface area contributed by atoms with Gasteiger partial charge in [0.25, 0.3) is 0 Å². The number of nitrogens with one attached hydrogen (secondary N) is 1. The van der Waals surface area contributed by atoms with Gasteiger partial charge in [0.1, 0.15) is 10.6 Å². The summed E-state index contributed by atoms with van der Waals surface area (Å²) < 4.78 is 6.16. The fourth-order valence-electron chi connectivity index (χ4n) is 3.34. The summed E-state index contributed by atoms with van der Waals surface area (Å²) in [5, 5.41) is 5.55. The van der Waals surface area contributed by atoms with Crippen molar-refractivity contribution in [2.24, 2.45) is 0 Å². The molecule has 1 aliphatic heterocycles. The predicted molar refractivity (Wildman–Crippen MR) is 117 cm³/mol. The Morgan fingerprint density at radius 3 is 2.93 bits per heavy atom. The van der Waals surface area contributed by atoms with Crippen LogP contribution in [0, 0.1) is 0 Å². The van der Waals surface area contributed by atoms with Gasteiger partial charge >= 0.3 is 0 Å². The standard InChI is InChI=1S/C21H26N4OS2/c1-4-10-27-20-24-18(23-12-14-8-6-7-9-22-14)17-15-11-21(3,5-2)26-13-16(15)28-19(17)25-20/h6-9H,4-5,10-13H2,1-3H3,(H,23,24,25)/t21-/m0/s1. The van der Waals surface area contributed by atoms with Gasteiger partial charge in [0.2, 0.25) is 0 Å². The molecule has 0 saturated heterocycles. The van der Waals surface area contributed by atoms with Gasteiger partial charge in [-0.15, -0.1) is 11.3 Å². The minimum atomic E-state index is -0.116. The lowest BCUT2D eigenvalue weighted by Gasteiger charge is -2.33. The highest BCUT2D eigenvalue weighted by molar-refractivity contribution is 7.99. The third kappa shape index (κ3) is 4.02. The van der Waals surface area contributed by atoms with Gasteiger partial charge in [0, 0.05) is 23.2 Å². The van der Waals surface area contributed by atoms with Crippen molar-refractivity contribution >= 4 is 39.1 Å². The van der Waals surface area contributed by atoms with E-state index < -0.39 is 0 Å². The lowest BCUT2D eigenvalue weighted by Crippen LogP contribution is -2.33. The van der Waals surface area contributed by atoms with E-state index in [1.165, 1.54) is 15.8 Å². The van der Waals surface area contributed by atoms with Gasteiger partial charge in [0.15, 0.2) is 5.16 Å². The van der Waals surface area contributed by atoms with Gasteiger partial charge in [-0.05, 0) is 37.5 Å². The van der Waals surface area contributed by atoms with Crippen molar-refractivity contribution in [1.82, 2.24) is 15.0 Å². The minimum absolute atomic E-state index is 0.116. The van der Waals surface area contributed by atoms with Crippen LogP contribution in [0.3, 0.4) is 0 Å². The molecule has 0 bridgehead atoms. The molecule has 4 rings (SSSR count). The number of fused-ring (bicyclic) bond motifs is 3. The summed E-state index contributed by atoms with van der Waals surface area (Å²) in [6.07, 6.45) is 4.83. The van der Waals surface area contributed by atoms with Crippen LogP contribution in [-0.2, 0) is 24.3 Å². The van der Waals surface area contributed by atoms with Crippen LogP contribution in [0.4, 0.5) is 5.82 Å². The van der Waals surface area contributed by atoms with Crippen molar-refractivity contribution in [3.8, 4) is 0 Å². The Bertz CT molecular complexity index is 960. The van der Waals surface area contributed by atoms with Crippen LogP contribution in [0.1, 0.15) is 49.7 Å². The molecule has 1 atom stereocenters. The number of thioether (sulfide) groups is 1. The quantitative estimate of drug-likeness (QED) is 0.410. The van der Waals surface area contributed by atoms with Crippen LogP contribution in [0.5, 0.6) is 0 Å². The third-order valence-corrected chi connectivity index (χ3v) is 7.31. The zero-order valence-corrected chi connectivity index (χ0v) is 18.3. The summed E-state index contributed by atoms with van der Waals surface area (Å²) in [7, 11) is 0. The first kappa shape index (κ1) is 19.6. The average molecular weight is 415 g/mol. The van der Waals surface area contributed by atoms with E-state index in [0.717, 1.165) is 46.5 Å². The van der Waals surface area contributed by atoms with Crippen LogP contribution in [0.15, 0.2) is 29.6 Å². The van der Waals surface area contributed by atoms with Crippen molar-refractivity contribution in [1.29, 1.82) is 0 Å². The van der Waals surface area contributed by atoms with Gasteiger partial charge in [-0.3, -0.25) is 4.98 Å². The van der Waals surface area contributed by atoms with Crippen molar-refractivity contribution in [2.45, 2.75) is 63.9 Å². The second kappa shape index (κ2) is 8.35. The van der Waals surface area contributed by atoms with E-state index in [-0.39, 0.29) is 5.60 Å². The lowest BCUT2D eigenvalue weighted by molar-refractivity contribution is -0.0542. The number of pyridine rings is 1. The van der Waals surface area contributed by atoms with Crippen LogP contribution in [0.2, 0.25) is 0 Å². The van der Waals surface area contributed by atoms with Crippen molar-refractivity contribution in [2.75, 3.05) is 11.1 Å². The number of hydrogen-bond donors (Lipinski definition) is 1. The molecule has 1 aliphatic rings. The molecule has 3 aromatic rings. The van der Waals surface area contributed by atoms with E-state index in [9.17, 15) is 0 Å². The van der Waals surface area contributed by atoms with Gasteiger partial charge in [-0.2, -0.15) is 0 Å². The molecular formula is C21H26N4OS2. The summed E-state index contributed by atoms with van der Waals surface area (Å²) in [6.45, 7) is 7.88. The smallest absolute Gasteiger partial charge is 0.190 e. The Balaban J connectivity index is 1.74. The molecule has 1 N–H and O–H groups in total. The summed E-state index contributed by atoms with van der Waals surface area (Å²) in [4.78, 5) is 16.5. The number of thiophene rings is 1. The maximum atomic E-state index is 6.16. The zero-order chi connectivity index (χ0) is 19.6. The highest BCUT2D eigenvalue weighted by Crippen LogP contribution is 2.42. The molecule has 3 aromatic heterocycles. The van der Waals surface area contributed by atoms with Crippen molar-refractivity contribution in [3.63, 3.8) is 0 Å². The van der Waals surface area contributed by atoms with E-state index >= 15 is 0 Å². The Morgan fingerprint density at radius 2 is 2.18 bits per heavy atom. The molecule has 0 spiro atoms. The normalized spacial score (nSPS) is 19.0. The first-order chi connectivity index (χ1) is 13.6. The molecule has 0 unspecified atom stereocenters. The summed E-state index contributed by atoms with van der Waals surface area (Å²) >= 11 is 3.47. The molecule has 28 heavy (non-hydrogen) atoms. The molecule has 0 amide bonds. The largest absolute Gasteiger partial charge is 0.369 e. The second-order valence-electron chi connectivity index (χ2n) is 7.33. The Hall–Kier alpha value is -1.70. The first-order valence-corrected chi connectivity index (χ1v) is 11.6. The monoisotopic (exact) mass is 414 g/mol. The highest BCUT2D eigenvalue weighted by atomic mass is 32.2. The summed E-state index contributed by atoms with van der Waals surface area (Å²) in [5.74, 6) is 1.94. The Kier molecular flexibility index (Phi) is 5.85. The highest BCUT2D eigenvalue weighted by Gasteiger charge is 2.33. The van der Waals surface area contributed by atoms with Gasteiger partial charge in [-0.25, -0.2) is 9.97 Å². The summed E-state index contributed by atoms with van der Waals surface area (Å²) in [6, 6.07) is 5.98. The zero-order valence-electron chi connectivity index (χ0n) is 16.6. The molecular weight excluding hydrogens is 388 g/mol. The molecule has 0 aromatic carbocycles. The van der Waals surface area contributed by atoms with Crippen LogP contribution < -0.4 is 5.32 Å². The average Bonchev–Trinajstić information content (AvgIpc) is 3.08. The molecule has 0 fully saturated rings.